The minimum absolute atomic E-state index is 0. The normalized spacial score (nSPS) is 15.6. The van der Waals surface area contributed by atoms with E-state index in [0.717, 1.165) is 42.5 Å². The summed E-state index contributed by atoms with van der Waals surface area (Å²) in [5.74, 6) is 3.49. The lowest BCUT2D eigenvalue weighted by Gasteiger charge is -2.22. The third kappa shape index (κ3) is 5.81. The average Bonchev–Trinajstić information content (AvgIpc) is 3.29. The summed E-state index contributed by atoms with van der Waals surface area (Å²) in [6.07, 6.45) is 1.01. The number of hydrogen-bond acceptors (Lipinski definition) is 6. The van der Waals surface area contributed by atoms with Crippen LogP contribution in [0.2, 0.25) is 0 Å². The average molecular weight is 556 g/mol. The fraction of sp³-hybridized carbons (Fsp3) is 0.435. The molecule has 0 radical (unpaired) electrons. The molecule has 0 bridgehead atoms. The Balaban J connectivity index is 0.00000363. The van der Waals surface area contributed by atoms with Gasteiger partial charge in [-0.25, -0.2) is 0 Å². The van der Waals surface area contributed by atoms with Gasteiger partial charge in [0.15, 0.2) is 17.5 Å². The first-order chi connectivity index (χ1) is 15.1. The van der Waals surface area contributed by atoms with Crippen molar-refractivity contribution in [3.05, 3.63) is 42.0 Å². The Kier molecular flexibility index (Phi) is 10.0. The number of rotatable bonds is 8. The number of halogens is 1. The third-order valence-corrected chi connectivity index (χ3v) is 5.41. The molecule has 1 saturated heterocycles. The van der Waals surface area contributed by atoms with Crippen molar-refractivity contribution >= 4 is 35.6 Å². The summed E-state index contributed by atoms with van der Waals surface area (Å²) in [4.78, 5) is 6.72. The standard InChI is InChI=1S/C23H32N4O4.HI/c1-24-23(25-14-16-10-11-20(29-3)22(31-5)21(16)30-4)26-17-12-13-27(15-17)18-8-6-7-9-19(18)28-2;/h6-11,17H,12-15H2,1-5H3,(H2,24,25,26);1H. The minimum Gasteiger partial charge on any atom is -0.495 e. The van der Waals surface area contributed by atoms with Crippen LogP contribution in [-0.4, -0.2) is 60.6 Å². The molecule has 2 N–H and O–H groups in total. The molecule has 176 valence electrons. The molecule has 0 amide bonds. The van der Waals surface area contributed by atoms with Crippen molar-refractivity contribution in [1.82, 2.24) is 10.6 Å². The van der Waals surface area contributed by atoms with Crippen LogP contribution in [0.4, 0.5) is 5.69 Å². The first kappa shape index (κ1) is 25.7. The lowest BCUT2D eigenvalue weighted by atomic mass is 10.1. The zero-order valence-corrected chi connectivity index (χ0v) is 21.6. The van der Waals surface area contributed by atoms with Crippen LogP contribution < -0.4 is 34.5 Å². The lowest BCUT2D eigenvalue weighted by molar-refractivity contribution is 0.322. The monoisotopic (exact) mass is 556 g/mol. The number of benzene rings is 2. The molecule has 8 nitrogen and oxygen atoms in total. The smallest absolute Gasteiger partial charge is 0.203 e. The van der Waals surface area contributed by atoms with Crippen LogP contribution in [0.3, 0.4) is 0 Å². The van der Waals surface area contributed by atoms with E-state index in [1.807, 2.05) is 30.3 Å². The minimum atomic E-state index is 0. The second-order valence-electron chi connectivity index (χ2n) is 7.17. The molecule has 1 atom stereocenters. The molecular weight excluding hydrogens is 523 g/mol. The second kappa shape index (κ2) is 12.5. The molecule has 0 aromatic heterocycles. The number of hydrogen-bond donors (Lipinski definition) is 2. The van der Waals surface area contributed by atoms with Gasteiger partial charge in [-0.3, -0.25) is 4.99 Å². The number of para-hydroxylation sites is 2. The third-order valence-electron chi connectivity index (χ3n) is 5.41. The summed E-state index contributed by atoms with van der Waals surface area (Å²) >= 11 is 0. The van der Waals surface area contributed by atoms with E-state index in [-0.39, 0.29) is 30.0 Å². The van der Waals surface area contributed by atoms with Gasteiger partial charge in [-0.05, 0) is 30.7 Å². The van der Waals surface area contributed by atoms with E-state index in [1.165, 1.54) is 0 Å². The molecule has 1 fully saturated rings. The summed E-state index contributed by atoms with van der Waals surface area (Å²) in [5, 5.41) is 6.89. The molecule has 2 aromatic carbocycles. The molecule has 1 heterocycles. The van der Waals surface area contributed by atoms with Gasteiger partial charge in [0.2, 0.25) is 5.75 Å². The predicted molar refractivity (Wildman–Crippen MR) is 138 cm³/mol. The van der Waals surface area contributed by atoms with Crippen molar-refractivity contribution in [1.29, 1.82) is 0 Å². The van der Waals surface area contributed by atoms with E-state index >= 15 is 0 Å². The summed E-state index contributed by atoms with van der Waals surface area (Å²) in [7, 11) is 8.31. The number of nitrogens with one attached hydrogen (secondary N) is 2. The summed E-state index contributed by atoms with van der Waals surface area (Å²) in [6.45, 7) is 2.37. The Morgan fingerprint density at radius 2 is 1.69 bits per heavy atom. The molecular formula is C23H33IN4O4. The maximum atomic E-state index is 5.57. The first-order valence-corrected chi connectivity index (χ1v) is 10.3. The largest absolute Gasteiger partial charge is 0.495 e. The first-order valence-electron chi connectivity index (χ1n) is 10.3. The highest BCUT2D eigenvalue weighted by atomic mass is 127. The van der Waals surface area contributed by atoms with E-state index < -0.39 is 0 Å². The number of aliphatic imine (C=N–C) groups is 1. The summed E-state index contributed by atoms with van der Waals surface area (Å²) in [5.41, 5.74) is 2.07. The van der Waals surface area contributed by atoms with Crippen molar-refractivity contribution in [2.45, 2.75) is 19.0 Å². The summed E-state index contributed by atoms with van der Waals surface area (Å²) in [6, 6.07) is 12.2. The number of nitrogens with zero attached hydrogens (tertiary/aromatic N) is 2. The highest BCUT2D eigenvalue weighted by molar-refractivity contribution is 14.0. The zero-order chi connectivity index (χ0) is 22.2. The highest BCUT2D eigenvalue weighted by Crippen LogP contribution is 2.39. The molecule has 0 saturated carbocycles. The van der Waals surface area contributed by atoms with E-state index in [4.69, 9.17) is 18.9 Å². The Bertz CT molecular complexity index is 910. The van der Waals surface area contributed by atoms with Gasteiger partial charge in [0, 0.05) is 38.3 Å². The number of ether oxygens (including phenoxy) is 4. The van der Waals surface area contributed by atoms with Crippen molar-refractivity contribution in [3.63, 3.8) is 0 Å². The topological polar surface area (TPSA) is 76.6 Å². The SMILES string of the molecule is CN=C(NCc1ccc(OC)c(OC)c1OC)NC1CCN(c2ccccc2OC)C1.I. The van der Waals surface area contributed by atoms with Crippen molar-refractivity contribution in [2.24, 2.45) is 4.99 Å². The fourth-order valence-corrected chi connectivity index (χ4v) is 3.86. The molecule has 1 aliphatic heterocycles. The van der Waals surface area contributed by atoms with Crippen LogP contribution >= 0.6 is 24.0 Å². The number of anilines is 1. The van der Waals surface area contributed by atoms with E-state index in [1.54, 1.807) is 35.5 Å². The second-order valence-corrected chi connectivity index (χ2v) is 7.17. The fourth-order valence-electron chi connectivity index (χ4n) is 3.86. The molecule has 2 aromatic rings. The molecule has 32 heavy (non-hydrogen) atoms. The Labute approximate surface area is 207 Å². The predicted octanol–water partition coefficient (Wildman–Crippen LogP) is 3.28. The Morgan fingerprint density at radius 3 is 2.34 bits per heavy atom. The zero-order valence-electron chi connectivity index (χ0n) is 19.3. The van der Waals surface area contributed by atoms with Gasteiger partial charge in [-0.1, -0.05) is 12.1 Å². The van der Waals surface area contributed by atoms with Gasteiger partial charge in [0.05, 0.1) is 34.1 Å². The maximum Gasteiger partial charge on any atom is 0.203 e. The van der Waals surface area contributed by atoms with Gasteiger partial charge >= 0.3 is 0 Å². The van der Waals surface area contributed by atoms with Crippen LogP contribution in [0.25, 0.3) is 0 Å². The van der Waals surface area contributed by atoms with Gasteiger partial charge in [0.25, 0.3) is 0 Å². The maximum absolute atomic E-state index is 5.57. The van der Waals surface area contributed by atoms with Gasteiger partial charge < -0.3 is 34.5 Å². The van der Waals surface area contributed by atoms with Gasteiger partial charge in [-0.2, -0.15) is 0 Å². The molecule has 1 aliphatic rings. The Hall–Kier alpha value is -2.56. The van der Waals surface area contributed by atoms with Crippen LogP contribution in [0.15, 0.2) is 41.4 Å². The molecule has 3 rings (SSSR count). The van der Waals surface area contributed by atoms with Crippen LogP contribution in [0.1, 0.15) is 12.0 Å². The van der Waals surface area contributed by atoms with Crippen molar-refractivity contribution in [2.75, 3.05) is 53.5 Å². The summed E-state index contributed by atoms with van der Waals surface area (Å²) < 4.78 is 21.9. The molecule has 1 unspecified atom stereocenters. The van der Waals surface area contributed by atoms with Crippen LogP contribution in [0, 0.1) is 0 Å². The molecule has 0 spiro atoms. The quantitative estimate of drug-likeness (QED) is 0.294. The van der Waals surface area contributed by atoms with E-state index in [0.29, 0.717) is 23.8 Å². The molecule has 9 heteroatoms. The number of guanidine groups is 1. The van der Waals surface area contributed by atoms with E-state index in [9.17, 15) is 0 Å². The van der Waals surface area contributed by atoms with E-state index in [2.05, 4.69) is 26.6 Å². The highest BCUT2D eigenvalue weighted by Gasteiger charge is 2.25. The molecule has 0 aliphatic carbocycles. The van der Waals surface area contributed by atoms with Gasteiger partial charge in [-0.15, -0.1) is 24.0 Å². The van der Waals surface area contributed by atoms with Crippen LogP contribution in [-0.2, 0) is 6.54 Å². The number of methoxy groups -OCH3 is 4. The lowest BCUT2D eigenvalue weighted by Crippen LogP contribution is -2.44. The van der Waals surface area contributed by atoms with Crippen molar-refractivity contribution in [3.8, 4) is 23.0 Å². The van der Waals surface area contributed by atoms with Gasteiger partial charge in [0.1, 0.15) is 5.75 Å². The van der Waals surface area contributed by atoms with Crippen LogP contribution in [0.5, 0.6) is 23.0 Å². The Morgan fingerprint density at radius 1 is 0.969 bits per heavy atom. The van der Waals surface area contributed by atoms with Crippen molar-refractivity contribution < 1.29 is 18.9 Å².